The first kappa shape index (κ1) is 18.6. The number of nitrogens with one attached hydrogen (secondary N) is 2. The van der Waals surface area contributed by atoms with Crippen LogP contribution in [0.3, 0.4) is 0 Å². The molecule has 0 radical (unpaired) electrons. The maximum absolute atomic E-state index is 12.3. The first-order valence-electron chi connectivity index (χ1n) is 9.54. The Kier molecular flexibility index (Phi) is 5.20. The minimum atomic E-state index is -0.312. The quantitative estimate of drug-likeness (QED) is 0.696. The third kappa shape index (κ3) is 4.08. The normalized spacial score (nSPS) is 13.0. The van der Waals surface area contributed by atoms with Gasteiger partial charge in [0.1, 0.15) is 0 Å². The topological polar surface area (TPSA) is 87.2 Å². The van der Waals surface area contributed by atoms with E-state index in [4.69, 9.17) is 0 Å². The van der Waals surface area contributed by atoms with Gasteiger partial charge in [-0.1, -0.05) is 18.2 Å². The van der Waals surface area contributed by atoms with Crippen LogP contribution in [-0.4, -0.2) is 28.6 Å². The van der Waals surface area contributed by atoms with E-state index in [0.717, 1.165) is 23.4 Å². The van der Waals surface area contributed by atoms with Gasteiger partial charge in [0, 0.05) is 30.0 Å². The molecule has 0 fully saturated rings. The number of rotatable bonds is 5. The molecule has 2 N–H and O–H groups in total. The standard InChI is InChI=1S/C22H21N5O2/c1-2-27-19-11-9-17(14-15(19)8-13-21(27)28)23-20-12-10-18(25-26-20)22(29)24-16-6-4-3-5-7-16/h3-7,9-12,14H,2,8,13H2,1H3,(H,23,26)(H,24,29). The van der Waals surface area contributed by atoms with Crippen molar-refractivity contribution in [3.05, 3.63) is 71.9 Å². The average molecular weight is 387 g/mol. The maximum atomic E-state index is 12.3. The number of hydrogen-bond acceptors (Lipinski definition) is 5. The fourth-order valence-electron chi connectivity index (χ4n) is 3.37. The average Bonchev–Trinajstić information content (AvgIpc) is 2.75. The number of carbonyl (C=O) groups excluding carboxylic acids is 2. The third-order valence-corrected chi connectivity index (χ3v) is 4.80. The van der Waals surface area contributed by atoms with Crippen LogP contribution in [0.15, 0.2) is 60.7 Å². The molecular formula is C22H21N5O2. The Hall–Kier alpha value is -3.74. The Balaban J connectivity index is 1.45. The van der Waals surface area contributed by atoms with Gasteiger partial charge >= 0.3 is 0 Å². The number of carbonyl (C=O) groups is 2. The Labute approximate surface area is 168 Å². The molecule has 0 atom stereocenters. The Morgan fingerprint density at radius 3 is 2.55 bits per heavy atom. The highest BCUT2D eigenvalue weighted by Gasteiger charge is 2.22. The fraction of sp³-hybridized carbons (Fsp3) is 0.182. The molecule has 0 aliphatic carbocycles. The van der Waals surface area contributed by atoms with Gasteiger partial charge in [-0.05, 0) is 61.4 Å². The molecule has 2 amide bonds. The largest absolute Gasteiger partial charge is 0.339 e. The maximum Gasteiger partial charge on any atom is 0.276 e. The lowest BCUT2D eigenvalue weighted by Gasteiger charge is -2.28. The molecule has 0 saturated carbocycles. The first-order chi connectivity index (χ1) is 14.1. The first-order valence-corrected chi connectivity index (χ1v) is 9.54. The van der Waals surface area contributed by atoms with E-state index in [1.165, 1.54) is 0 Å². The summed E-state index contributed by atoms with van der Waals surface area (Å²) < 4.78 is 0. The van der Waals surface area contributed by atoms with Gasteiger partial charge in [-0.15, -0.1) is 10.2 Å². The molecule has 7 nitrogen and oxygen atoms in total. The minimum absolute atomic E-state index is 0.163. The number of aromatic nitrogens is 2. The molecule has 3 aromatic rings. The molecule has 29 heavy (non-hydrogen) atoms. The van der Waals surface area contributed by atoms with Crippen LogP contribution >= 0.6 is 0 Å². The molecule has 1 aliphatic rings. The van der Waals surface area contributed by atoms with Crippen molar-refractivity contribution in [3.63, 3.8) is 0 Å². The summed E-state index contributed by atoms with van der Waals surface area (Å²) in [5, 5.41) is 14.1. The van der Waals surface area contributed by atoms with Crippen molar-refractivity contribution in [3.8, 4) is 0 Å². The zero-order chi connectivity index (χ0) is 20.2. The molecule has 7 heteroatoms. The molecule has 0 unspecified atom stereocenters. The predicted molar refractivity (Wildman–Crippen MR) is 112 cm³/mol. The van der Waals surface area contributed by atoms with Crippen LogP contribution in [0.1, 0.15) is 29.4 Å². The lowest BCUT2D eigenvalue weighted by atomic mass is 10.0. The number of benzene rings is 2. The van der Waals surface area contributed by atoms with Crippen molar-refractivity contribution in [1.82, 2.24) is 10.2 Å². The summed E-state index contributed by atoms with van der Waals surface area (Å²) >= 11 is 0. The van der Waals surface area contributed by atoms with E-state index < -0.39 is 0 Å². The molecule has 146 valence electrons. The summed E-state index contributed by atoms with van der Waals surface area (Å²) in [5.74, 6) is 0.393. The van der Waals surface area contributed by atoms with Crippen LogP contribution in [0.4, 0.5) is 22.9 Å². The van der Waals surface area contributed by atoms with Gasteiger partial charge in [-0.2, -0.15) is 0 Å². The second kappa shape index (κ2) is 8.10. The van der Waals surface area contributed by atoms with E-state index in [2.05, 4.69) is 20.8 Å². The highest BCUT2D eigenvalue weighted by molar-refractivity contribution is 6.02. The molecule has 1 aromatic heterocycles. The smallest absolute Gasteiger partial charge is 0.276 e. The second-order valence-electron chi connectivity index (χ2n) is 6.73. The van der Waals surface area contributed by atoms with Gasteiger partial charge in [-0.3, -0.25) is 9.59 Å². The van der Waals surface area contributed by atoms with Crippen molar-refractivity contribution < 1.29 is 9.59 Å². The van der Waals surface area contributed by atoms with Gasteiger partial charge < -0.3 is 15.5 Å². The van der Waals surface area contributed by atoms with Crippen molar-refractivity contribution >= 4 is 34.7 Å². The third-order valence-electron chi connectivity index (χ3n) is 4.80. The second-order valence-corrected chi connectivity index (χ2v) is 6.73. The van der Waals surface area contributed by atoms with E-state index in [9.17, 15) is 9.59 Å². The molecule has 2 aromatic carbocycles. The van der Waals surface area contributed by atoms with E-state index in [-0.39, 0.29) is 17.5 Å². The SMILES string of the molecule is CCN1C(=O)CCc2cc(Nc3ccc(C(=O)Nc4ccccc4)nn3)ccc21. The molecular weight excluding hydrogens is 366 g/mol. The summed E-state index contributed by atoms with van der Waals surface area (Å²) in [6.07, 6.45) is 1.25. The zero-order valence-electron chi connectivity index (χ0n) is 16.1. The number of anilines is 4. The number of hydrogen-bond donors (Lipinski definition) is 2. The number of fused-ring (bicyclic) bond motifs is 1. The number of nitrogens with zero attached hydrogens (tertiary/aromatic N) is 3. The van der Waals surface area contributed by atoms with Gasteiger partial charge in [0.05, 0.1) is 0 Å². The van der Waals surface area contributed by atoms with Crippen LogP contribution < -0.4 is 15.5 Å². The van der Waals surface area contributed by atoms with Crippen molar-refractivity contribution in [1.29, 1.82) is 0 Å². The zero-order valence-corrected chi connectivity index (χ0v) is 16.1. The van der Waals surface area contributed by atoms with Gasteiger partial charge in [0.15, 0.2) is 11.5 Å². The number of para-hydroxylation sites is 1. The van der Waals surface area contributed by atoms with Crippen molar-refractivity contribution in [2.24, 2.45) is 0 Å². The highest BCUT2D eigenvalue weighted by atomic mass is 16.2. The molecule has 0 spiro atoms. The van der Waals surface area contributed by atoms with Crippen LogP contribution in [0.25, 0.3) is 0 Å². The molecule has 4 rings (SSSR count). The molecule has 1 aliphatic heterocycles. The van der Waals surface area contributed by atoms with Crippen LogP contribution in [0.5, 0.6) is 0 Å². The number of aryl methyl sites for hydroxylation is 1. The monoisotopic (exact) mass is 387 g/mol. The molecule has 0 bridgehead atoms. The van der Waals surface area contributed by atoms with Crippen LogP contribution in [0, 0.1) is 0 Å². The lowest BCUT2D eigenvalue weighted by Crippen LogP contribution is -2.34. The summed E-state index contributed by atoms with van der Waals surface area (Å²) in [7, 11) is 0. The van der Waals surface area contributed by atoms with Crippen molar-refractivity contribution in [2.75, 3.05) is 22.1 Å². The summed E-state index contributed by atoms with van der Waals surface area (Å²) in [6.45, 7) is 2.64. The summed E-state index contributed by atoms with van der Waals surface area (Å²) in [4.78, 5) is 26.1. The molecule has 2 heterocycles. The van der Waals surface area contributed by atoms with E-state index in [0.29, 0.717) is 24.5 Å². The fourth-order valence-corrected chi connectivity index (χ4v) is 3.37. The number of amides is 2. The van der Waals surface area contributed by atoms with Gasteiger partial charge in [-0.25, -0.2) is 0 Å². The summed E-state index contributed by atoms with van der Waals surface area (Å²) in [6, 6.07) is 18.4. The Morgan fingerprint density at radius 2 is 1.83 bits per heavy atom. The predicted octanol–water partition coefficient (Wildman–Crippen LogP) is 3.77. The minimum Gasteiger partial charge on any atom is -0.339 e. The van der Waals surface area contributed by atoms with Gasteiger partial charge in [0.2, 0.25) is 5.91 Å². The van der Waals surface area contributed by atoms with Crippen LogP contribution in [-0.2, 0) is 11.2 Å². The van der Waals surface area contributed by atoms with E-state index in [1.807, 2.05) is 60.4 Å². The lowest BCUT2D eigenvalue weighted by molar-refractivity contribution is -0.118. The van der Waals surface area contributed by atoms with E-state index in [1.54, 1.807) is 12.1 Å². The van der Waals surface area contributed by atoms with Crippen molar-refractivity contribution in [2.45, 2.75) is 19.8 Å². The van der Waals surface area contributed by atoms with Crippen LogP contribution in [0.2, 0.25) is 0 Å². The summed E-state index contributed by atoms with van der Waals surface area (Å²) in [5.41, 5.74) is 3.90. The van der Waals surface area contributed by atoms with Gasteiger partial charge in [0.25, 0.3) is 5.91 Å². The highest BCUT2D eigenvalue weighted by Crippen LogP contribution is 2.30. The molecule has 0 saturated heterocycles. The van der Waals surface area contributed by atoms with E-state index >= 15 is 0 Å². The Morgan fingerprint density at radius 1 is 1.00 bits per heavy atom. The Bertz CT molecular complexity index is 1030.